The minimum Gasteiger partial charge on any atom is -0.480 e. The van der Waals surface area contributed by atoms with Gasteiger partial charge < -0.3 is 5.11 Å². The zero-order valence-corrected chi connectivity index (χ0v) is 12.3. The average molecular weight is 315 g/mol. The molecule has 21 heavy (non-hydrogen) atoms. The van der Waals surface area contributed by atoms with E-state index in [0.717, 1.165) is 25.0 Å². The maximum absolute atomic E-state index is 13.2. The van der Waals surface area contributed by atoms with Crippen molar-refractivity contribution in [1.29, 1.82) is 0 Å². The molecule has 1 aromatic rings. The number of carboxylic acids is 1. The van der Waals surface area contributed by atoms with E-state index >= 15 is 0 Å². The van der Waals surface area contributed by atoms with E-state index in [1.54, 1.807) is 0 Å². The zero-order chi connectivity index (χ0) is 15.5. The summed E-state index contributed by atoms with van der Waals surface area (Å²) in [4.78, 5) is 11.3. The molecule has 2 rings (SSSR count). The van der Waals surface area contributed by atoms with Gasteiger partial charge in [-0.2, -0.15) is 4.72 Å². The second-order valence-electron chi connectivity index (χ2n) is 5.36. The Balaban J connectivity index is 2.33. The van der Waals surface area contributed by atoms with E-state index in [0.29, 0.717) is 12.8 Å². The Morgan fingerprint density at radius 2 is 1.81 bits per heavy atom. The molecule has 1 aliphatic carbocycles. The SMILES string of the molecule is O=C(O)C1(NS(=O)(=O)c2cccc(F)c2)CCCCCC1. The lowest BCUT2D eigenvalue weighted by atomic mass is 9.92. The van der Waals surface area contributed by atoms with E-state index in [4.69, 9.17) is 0 Å². The van der Waals surface area contributed by atoms with Gasteiger partial charge in [0.2, 0.25) is 10.0 Å². The minimum absolute atomic E-state index is 0.247. The molecule has 0 aromatic heterocycles. The Kier molecular flexibility index (Phi) is 4.63. The number of halogens is 1. The third kappa shape index (κ3) is 3.59. The lowest BCUT2D eigenvalue weighted by molar-refractivity contribution is -0.144. The monoisotopic (exact) mass is 315 g/mol. The second kappa shape index (κ2) is 6.11. The predicted molar refractivity (Wildman–Crippen MR) is 74.8 cm³/mol. The van der Waals surface area contributed by atoms with Crippen LogP contribution >= 0.6 is 0 Å². The van der Waals surface area contributed by atoms with Crippen LogP contribution in [0.5, 0.6) is 0 Å². The van der Waals surface area contributed by atoms with Gasteiger partial charge in [0.15, 0.2) is 0 Å². The first-order chi connectivity index (χ1) is 9.86. The van der Waals surface area contributed by atoms with Crippen LogP contribution < -0.4 is 4.72 Å². The third-order valence-corrected chi connectivity index (χ3v) is 5.34. The number of carboxylic acid groups (broad SMARTS) is 1. The van der Waals surface area contributed by atoms with Crippen LogP contribution in [-0.2, 0) is 14.8 Å². The summed E-state index contributed by atoms with van der Waals surface area (Å²) in [5.41, 5.74) is -1.50. The molecule has 116 valence electrons. The summed E-state index contributed by atoms with van der Waals surface area (Å²) in [6.07, 6.45) is 3.57. The molecular formula is C14H18FNO4S. The number of rotatable bonds is 4. The highest BCUT2D eigenvalue weighted by atomic mass is 32.2. The van der Waals surface area contributed by atoms with Gasteiger partial charge in [-0.05, 0) is 31.0 Å². The Morgan fingerprint density at radius 3 is 2.33 bits per heavy atom. The molecule has 7 heteroatoms. The van der Waals surface area contributed by atoms with Crippen molar-refractivity contribution >= 4 is 16.0 Å². The van der Waals surface area contributed by atoms with Crippen molar-refractivity contribution in [1.82, 2.24) is 4.72 Å². The molecule has 1 aromatic carbocycles. The van der Waals surface area contributed by atoms with Gasteiger partial charge in [-0.3, -0.25) is 4.79 Å². The average Bonchev–Trinajstić information content (AvgIpc) is 2.65. The number of benzene rings is 1. The number of hydrogen-bond acceptors (Lipinski definition) is 3. The maximum atomic E-state index is 13.2. The van der Waals surface area contributed by atoms with E-state index in [1.165, 1.54) is 12.1 Å². The van der Waals surface area contributed by atoms with Crippen LogP contribution in [0.1, 0.15) is 38.5 Å². The largest absolute Gasteiger partial charge is 0.480 e. The Morgan fingerprint density at radius 1 is 1.19 bits per heavy atom. The summed E-state index contributed by atoms with van der Waals surface area (Å²) in [5.74, 6) is -1.85. The van der Waals surface area contributed by atoms with Gasteiger partial charge in [-0.15, -0.1) is 0 Å². The summed E-state index contributed by atoms with van der Waals surface area (Å²) >= 11 is 0. The van der Waals surface area contributed by atoms with Gasteiger partial charge in [0, 0.05) is 0 Å². The highest BCUT2D eigenvalue weighted by Crippen LogP contribution is 2.29. The highest BCUT2D eigenvalue weighted by molar-refractivity contribution is 7.89. The lowest BCUT2D eigenvalue weighted by Crippen LogP contribution is -2.54. The molecule has 0 spiro atoms. The molecule has 1 saturated carbocycles. The molecular weight excluding hydrogens is 297 g/mol. The fourth-order valence-electron chi connectivity index (χ4n) is 2.64. The number of sulfonamides is 1. The normalized spacial score (nSPS) is 18.9. The maximum Gasteiger partial charge on any atom is 0.324 e. The van der Waals surface area contributed by atoms with Gasteiger partial charge in [-0.25, -0.2) is 12.8 Å². The molecule has 0 aliphatic heterocycles. The van der Waals surface area contributed by atoms with Crippen molar-refractivity contribution in [3.05, 3.63) is 30.1 Å². The van der Waals surface area contributed by atoms with E-state index < -0.39 is 27.3 Å². The molecule has 2 N–H and O–H groups in total. The molecule has 0 bridgehead atoms. The van der Waals surface area contributed by atoms with Crippen molar-refractivity contribution in [2.45, 2.75) is 49.0 Å². The topological polar surface area (TPSA) is 83.5 Å². The van der Waals surface area contributed by atoms with Gasteiger partial charge in [-0.1, -0.05) is 31.7 Å². The number of aliphatic carboxylic acids is 1. The van der Waals surface area contributed by atoms with E-state index in [1.807, 2.05) is 0 Å². The summed E-state index contributed by atoms with van der Waals surface area (Å²) in [6, 6.07) is 4.55. The van der Waals surface area contributed by atoms with Gasteiger partial charge in [0.1, 0.15) is 11.4 Å². The molecule has 0 unspecified atom stereocenters. The van der Waals surface area contributed by atoms with Crippen LogP contribution in [0.3, 0.4) is 0 Å². The number of carbonyl (C=O) groups is 1. The lowest BCUT2D eigenvalue weighted by Gasteiger charge is -2.28. The van der Waals surface area contributed by atoms with Gasteiger partial charge >= 0.3 is 5.97 Å². The van der Waals surface area contributed by atoms with Crippen LogP contribution in [0.25, 0.3) is 0 Å². The molecule has 0 atom stereocenters. The third-order valence-electron chi connectivity index (χ3n) is 3.80. The molecule has 0 amide bonds. The minimum atomic E-state index is -4.07. The summed E-state index contributed by atoms with van der Waals surface area (Å²) in [6.45, 7) is 0. The van der Waals surface area contributed by atoms with Crippen LogP contribution in [-0.4, -0.2) is 25.0 Å². The Hall–Kier alpha value is -1.47. The van der Waals surface area contributed by atoms with Crippen molar-refractivity contribution in [2.24, 2.45) is 0 Å². The van der Waals surface area contributed by atoms with Gasteiger partial charge in [0.05, 0.1) is 4.90 Å². The predicted octanol–water partition coefficient (Wildman–Crippen LogP) is 2.28. The van der Waals surface area contributed by atoms with Crippen molar-refractivity contribution in [3.8, 4) is 0 Å². The molecule has 1 aliphatic rings. The van der Waals surface area contributed by atoms with E-state index in [-0.39, 0.29) is 17.7 Å². The highest BCUT2D eigenvalue weighted by Gasteiger charge is 2.42. The van der Waals surface area contributed by atoms with Crippen molar-refractivity contribution < 1.29 is 22.7 Å². The summed E-state index contributed by atoms with van der Waals surface area (Å²) in [7, 11) is -4.07. The summed E-state index contributed by atoms with van der Waals surface area (Å²) in [5, 5.41) is 9.48. The first-order valence-electron chi connectivity index (χ1n) is 6.89. The molecule has 1 fully saturated rings. The number of hydrogen-bond donors (Lipinski definition) is 2. The van der Waals surface area contributed by atoms with Crippen LogP contribution in [0.15, 0.2) is 29.2 Å². The van der Waals surface area contributed by atoms with Crippen LogP contribution in [0.4, 0.5) is 4.39 Å². The van der Waals surface area contributed by atoms with E-state index in [9.17, 15) is 22.7 Å². The Bertz CT molecular complexity index is 622. The van der Waals surface area contributed by atoms with Crippen LogP contribution in [0, 0.1) is 5.82 Å². The standard InChI is InChI=1S/C14H18FNO4S/c15-11-6-5-7-12(10-11)21(19,20)16-14(13(17)18)8-3-1-2-4-9-14/h5-7,10,16H,1-4,8-9H2,(H,17,18). The second-order valence-corrected chi connectivity index (χ2v) is 7.05. The molecule has 0 heterocycles. The number of nitrogens with one attached hydrogen (secondary N) is 1. The molecule has 5 nitrogen and oxygen atoms in total. The first kappa shape index (κ1) is 15.9. The zero-order valence-electron chi connectivity index (χ0n) is 11.5. The first-order valence-corrected chi connectivity index (χ1v) is 8.37. The van der Waals surface area contributed by atoms with E-state index in [2.05, 4.69) is 4.72 Å². The van der Waals surface area contributed by atoms with Gasteiger partial charge in [0.25, 0.3) is 0 Å². The fraction of sp³-hybridized carbons (Fsp3) is 0.500. The quantitative estimate of drug-likeness (QED) is 0.835. The van der Waals surface area contributed by atoms with Crippen molar-refractivity contribution in [2.75, 3.05) is 0 Å². The molecule has 0 radical (unpaired) electrons. The van der Waals surface area contributed by atoms with Crippen molar-refractivity contribution in [3.63, 3.8) is 0 Å². The fourth-order valence-corrected chi connectivity index (χ4v) is 4.09. The smallest absolute Gasteiger partial charge is 0.324 e. The molecule has 0 saturated heterocycles. The van der Waals surface area contributed by atoms with Crippen LogP contribution in [0.2, 0.25) is 0 Å². The Labute approximate surface area is 123 Å². The summed E-state index contributed by atoms with van der Waals surface area (Å²) < 4.78 is 40.2.